The van der Waals surface area contributed by atoms with Crippen LogP contribution < -0.4 is 0 Å². The van der Waals surface area contributed by atoms with E-state index in [1.807, 2.05) is 17.5 Å². The second kappa shape index (κ2) is 7.79. The summed E-state index contributed by atoms with van der Waals surface area (Å²) in [7, 11) is 0. The quantitative estimate of drug-likeness (QED) is 0.229. The van der Waals surface area contributed by atoms with E-state index in [9.17, 15) is 0 Å². The first-order chi connectivity index (χ1) is 19.3. The van der Waals surface area contributed by atoms with Crippen LogP contribution in [0.3, 0.4) is 0 Å². The molecule has 9 aromatic rings. The summed E-state index contributed by atoms with van der Waals surface area (Å²) in [6.07, 6.45) is 1.90. The molecule has 0 fully saturated rings. The van der Waals surface area contributed by atoms with Gasteiger partial charge in [-0.25, -0.2) is 4.98 Å². The number of fused-ring (bicyclic) bond motifs is 9. The Bertz CT molecular complexity index is 2350. The second-order valence-corrected chi connectivity index (χ2v) is 11.0. The first kappa shape index (κ1) is 21.1. The van der Waals surface area contributed by atoms with Gasteiger partial charge in [0.25, 0.3) is 0 Å². The van der Waals surface area contributed by atoms with Crippen molar-refractivity contribution in [2.75, 3.05) is 0 Å². The van der Waals surface area contributed by atoms with E-state index in [-0.39, 0.29) is 0 Å². The van der Waals surface area contributed by atoms with Crippen molar-refractivity contribution in [3.8, 4) is 16.9 Å². The molecule has 4 aromatic heterocycles. The first-order valence-electron chi connectivity index (χ1n) is 13.1. The normalized spacial score (nSPS) is 12.1. The molecule has 0 aliphatic rings. The number of pyridine rings is 1. The van der Waals surface area contributed by atoms with Gasteiger partial charge in [-0.2, -0.15) is 0 Å². The molecule has 9 rings (SSSR count). The van der Waals surface area contributed by atoms with Crippen LogP contribution >= 0.6 is 11.3 Å². The predicted octanol–water partition coefficient (Wildman–Crippen LogP) is 10.1. The van der Waals surface area contributed by atoms with E-state index in [4.69, 9.17) is 9.40 Å². The summed E-state index contributed by atoms with van der Waals surface area (Å²) >= 11 is 1.86. The van der Waals surface area contributed by atoms with Crippen molar-refractivity contribution in [2.45, 2.75) is 0 Å². The summed E-state index contributed by atoms with van der Waals surface area (Å²) in [6, 6.07) is 40.9. The minimum Gasteiger partial charge on any atom is -0.452 e. The van der Waals surface area contributed by atoms with E-state index >= 15 is 0 Å². The van der Waals surface area contributed by atoms with Gasteiger partial charge in [-0.3, -0.25) is 4.57 Å². The molecule has 0 bridgehead atoms. The third-order valence-corrected chi connectivity index (χ3v) is 9.09. The Kier molecular flexibility index (Phi) is 4.21. The standard InChI is InChI=1S/C35H20N2OS/c1-4-13-29-23(8-1)24-9-2-5-14-30(24)37(29)35-33-26(18-19-36-35)28-20-21(16-17-31(28)38-33)22-11-7-12-27-25-10-3-6-15-32(25)39-34(22)27/h1-20H. The summed E-state index contributed by atoms with van der Waals surface area (Å²) in [6.45, 7) is 0. The zero-order chi connectivity index (χ0) is 25.5. The highest BCUT2D eigenvalue weighted by Crippen LogP contribution is 2.42. The van der Waals surface area contributed by atoms with Crippen molar-refractivity contribution < 1.29 is 4.42 Å². The smallest absolute Gasteiger partial charge is 0.181 e. The van der Waals surface area contributed by atoms with Crippen molar-refractivity contribution >= 4 is 75.3 Å². The van der Waals surface area contributed by atoms with Crippen LogP contribution in [0.1, 0.15) is 0 Å². The average Bonchev–Trinajstić information content (AvgIpc) is 3.66. The minimum absolute atomic E-state index is 0.802. The van der Waals surface area contributed by atoms with Gasteiger partial charge in [-0.1, -0.05) is 78.9 Å². The van der Waals surface area contributed by atoms with Crippen molar-refractivity contribution in [1.29, 1.82) is 0 Å². The third kappa shape index (κ3) is 2.89. The fraction of sp³-hybridized carbons (Fsp3) is 0. The van der Waals surface area contributed by atoms with Crippen molar-refractivity contribution in [3.63, 3.8) is 0 Å². The summed E-state index contributed by atoms with van der Waals surface area (Å²) in [5.74, 6) is 0.814. The molecule has 5 aromatic carbocycles. The van der Waals surface area contributed by atoms with Crippen LogP contribution in [-0.4, -0.2) is 9.55 Å². The molecule has 3 nitrogen and oxygen atoms in total. The lowest BCUT2D eigenvalue weighted by Gasteiger charge is -2.07. The Morgan fingerprint density at radius 1 is 0.590 bits per heavy atom. The van der Waals surface area contributed by atoms with Crippen LogP contribution in [0, 0.1) is 0 Å². The van der Waals surface area contributed by atoms with Gasteiger partial charge in [0.05, 0.1) is 11.0 Å². The Morgan fingerprint density at radius 2 is 1.31 bits per heavy atom. The predicted molar refractivity (Wildman–Crippen MR) is 164 cm³/mol. The van der Waals surface area contributed by atoms with Crippen molar-refractivity contribution in [1.82, 2.24) is 9.55 Å². The number of nitrogens with zero attached hydrogens (tertiary/aromatic N) is 2. The Hall–Kier alpha value is -4.93. The fourth-order valence-corrected chi connectivity index (χ4v) is 7.38. The van der Waals surface area contributed by atoms with Crippen LogP contribution in [0.15, 0.2) is 126 Å². The highest BCUT2D eigenvalue weighted by Gasteiger charge is 2.19. The molecule has 39 heavy (non-hydrogen) atoms. The van der Waals surface area contributed by atoms with Crippen LogP contribution in [0.4, 0.5) is 0 Å². The zero-order valence-electron chi connectivity index (χ0n) is 20.8. The third-order valence-electron chi connectivity index (χ3n) is 7.87. The van der Waals surface area contributed by atoms with Gasteiger partial charge in [-0.15, -0.1) is 11.3 Å². The molecule has 182 valence electrons. The molecule has 0 aliphatic carbocycles. The van der Waals surface area contributed by atoms with Gasteiger partial charge in [0, 0.05) is 47.9 Å². The average molecular weight is 517 g/mol. The number of para-hydroxylation sites is 2. The van der Waals surface area contributed by atoms with Gasteiger partial charge in [0.15, 0.2) is 11.4 Å². The molecule has 0 atom stereocenters. The van der Waals surface area contributed by atoms with Crippen LogP contribution in [0.25, 0.3) is 80.9 Å². The van der Waals surface area contributed by atoms with E-state index in [1.165, 1.54) is 42.1 Å². The maximum atomic E-state index is 6.55. The number of benzene rings is 5. The van der Waals surface area contributed by atoms with Gasteiger partial charge in [0.2, 0.25) is 0 Å². The lowest BCUT2D eigenvalue weighted by molar-refractivity contribution is 0.663. The van der Waals surface area contributed by atoms with Crippen LogP contribution in [0.2, 0.25) is 0 Å². The van der Waals surface area contributed by atoms with Gasteiger partial charge in [-0.05, 0) is 47.5 Å². The maximum Gasteiger partial charge on any atom is 0.181 e. The summed E-state index contributed by atoms with van der Waals surface area (Å²) in [5, 5.41) is 7.22. The van der Waals surface area contributed by atoms with E-state index in [2.05, 4.69) is 120 Å². The molecule has 0 unspecified atom stereocenters. The number of thiophene rings is 1. The van der Waals surface area contributed by atoms with Crippen molar-refractivity contribution in [3.05, 3.63) is 121 Å². The lowest BCUT2D eigenvalue weighted by atomic mass is 10.0. The summed E-state index contributed by atoms with van der Waals surface area (Å²) in [5.41, 5.74) is 6.36. The molecule has 4 heteroatoms. The molecule has 0 N–H and O–H groups in total. The molecule has 4 heterocycles. The topological polar surface area (TPSA) is 31.0 Å². The molecule has 0 saturated heterocycles. The molecule has 0 radical (unpaired) electrons. The van der Waals surface area contributed by atoms with Crippen LogP contribution in [-0.2, 0) is 0 Å². The van der Waals surface area contributed by atoms with E-state index in [1.54, 1.807) is 0 Å². The number of hydrogen-bond donors (Lipinski definition) is 0. The van der Waals surface area contributed by atoms with E-state index in [0.29, 0.717) is 0 Å². The maximum absolute atomic E-state index is 6.55. The number of aromatic nitrogens is 2. The minimum atomic E-state index is 0.802. The van der Waals surface area contributed by atoms with Gasteiger partial charge < -0.3 is 4.42 Å². The van der Waals surface area contributed by atoms with E-state index in [0.717, 1.165) is 38.8 Å². The molecule has 0 spiro atoms. The number of rotatable bonds is 2. The number of furan rings is 1. The monoisotopic (exact) mass is 516 g/mol. The number of hydrogen-bond acceptors (Lipinski definition) is 3. The second-order valence-electron chi connectivity index (χ2n) is 9.97. The lowest BCUT2D eigenvalue weighted by Crippen LogP contribution is -1.97. The highest BCUT2D eigenvalue weighted by atomic mass is 32.1. The fourth-order valence-electron chi connectivity index (χ4n) is 6.14. The first-order valence-corrected chi connectivity index (χ1v) is 13.9. The molecular formula is C35H20N2OS. The Morgan fingerprint density at radius 3 is 2.13 bits per heavy atom. The SMILES string of the molecule is c1ccc2c(c1)sc1c(-c3ccc4oc5c(-n6c7ccccc7c7ccccc76)nccc5c4c3)cccc12. The Balaban J connectivity index is 1.31. The van der Waals surface area contributed by atoms with Crippen molar-refractivity contribution in [2.24, 2.45) is 0 Å². The highest BCUT2D eigenvalue weighted by molar-refractivity contribution is 7.26. The molecule has 0 aliphatic heterocycles. The summed E-state index contributed by atoms with van der Waals surface area (Å²) in [4.78, 5) is 4.86. The molecule has 0 amide bonds. The molecule has 0 saturated carbocycles. The summed E-state index contributed by atoms with van der Waals surface area (Å²) < 4.78 is 11.4. The zero-order valence-corrected chi connectivity index (χ0v) is 21.6. The van der Waals surface area contributed by atoms with Crippen LogP contribution in [0.5, 0.6) is 0 Å². The molecular weight excluding hydrogens is 496 g/mol. The van der Waals surface area contributed by atoms with Gasteiger partial charge in [0.1, 0.15) is 5.58 Å². The Labute approximate surface area is 227 Å². The van der Waals surface area contributed by atoms with E-state index < -0.39 is 0 Å². The largest absolute Gasteiger partial charge is 0.452 e. The van der Waals surface area contributed by atoms with Gasteiger partial charge >= 0.3 is 0 Å².